The number of rotatable bonds is 3. The Bertz CT molecular complexity index is 798. The lowest BCUT2D eigenvalue weighted by Gasteiger charge is -2.30. The number of carbonyl (C=O) groups is 1. The molecular weight excluding hydrogens is 322 g/mol. The molecule has 0 aromatic carbocycles. The van der Waals surface area contributed by atoms with Crippen molar-refractivity contribution in [2.45, 2.75) is 25.7 Å². The number of fused-ring (bicyclic) bond motifs is 1. The number of carbonyl (C=O) groups excluding carboxylic acids is 1. The van der Waals surface area contributed by atoms with Gasteiger partial charge in [0.2, 0.25) is 11.9 Å². The van der Waals surface area contributed by atoms with E-state index in [1.807, 2.05) is 24.0 Å². The van der Waals surface area contributed by atoms with Crippen molar-refractivity contribution in [2.24, 2.45) is 0 Å². The Morgan fingerprint density at radius 3 is 2.84 bits per heavy atom. The van der Waals surface area contributed by atoms with Gasteiger partial charge >= 0.3 is 0 Å². The highest BCUT2D eigenvalue weighted by Crippen LogP contribution is 2.40. The van der Waals surface area contributed by atoms with Crippen LogP contribution in [0.5, 0.6) is 0 Å². The maximum absolute atomic E-state index is 12.2. The fourth-order valence-electron chi connectivity index (χ4n) is 3.30. The number of anilines is 3. The van der Waals surface area contributed by atoms with E-state index in [2.05, 4.69) is 15.3 Å². The molecule has 0 bridgehead atoms. The lowest BCUT2D eigenvalue weighted by Crippen LogP contribution is -2.38. The van der Waals surface area contributed by atoms with Crippen LogP contribution in [0.4, 0.5) is 17.6 Å². The standard InChI is InChI=1S/C17H21N5O3/c1-2-10-3-4-12(25-10)11-9-13(23)19-16-14(11)15(18)20-17(21-16)22-5-7-24-8-6-22/h3-4,11H,2,5-9H2,1H3,(H3,18,19,20,21,23)/t11-/m0/s1. The van der Waals surface area contributed by atoms with Crippen LogP contribution in [-0.2, 0) is 16.0 Å². The number of aryl methyl sites for hydroxylation is 1. The molecule has 8 nitrogen and oxygen atoms in total. The average molecular weight is 343 g/mol. The Hall–Kier alpha value is -2.61. The molecule has 1 fully saturated rings. The number of morpholine rings is 1. The maximum Gasteiger partial charge on any atom is 0.229 e. The molecule has 4 rings (SSSR count). The van der Waals surface area contributed by atoms with Gasteiger partial charge in [0, 0.05) is 31.5 Å². The summed E-state index contributed by atoms with van der Waals surface area (Å²) in [5.41, 5.74) is 6.99. The van der Waals surface area contributed by atoms with Crippen LogP contribution in [0.15, 0.2) is 16.5 Å². The average Bonchev–Trinajstić information content (AvgIpc) is 3.10. The second kappa shape index (κ2) is 6.36. The molecule has 0 saturated carbocycles. The molecule has 132 valence electrons. The van der Waals surface area contributed by atoms with Gasteiger partial charge in [-0.25, -0.2) is 0 Å². The number of ether oxygens (including phenoxy) is 1. The van der Waals surface area contributed by atoms with E-state index in [1.165, 1.54) is 0 Å². The highest BCUT2D eigenvalue weighted by Gasteiger charge is 2.33. The lowest BCUT2D eigenvalue weighted by atomic mass is 9.90. The number of aromatic nitrogens is 2. The number of nitrogens with zero attached hydrogens (tertiary/aromatic N) is 3. The summed E-state index contributed by atoms with van der Waals surface area (Å²) in [4.78, 5) is 23.2. The van der Waals surface area contributed by atoms with Crippen molar-refractivity contribution in [3.05, 3.63) is 29.2 Å². The number of hydrogen-bond acceptors (Lipinski definition) is 7. The van der Waals surface area contributed by atoms with E-state index in [0.29, 0.717) is 43.9 Å². The SMILES string of the molecule is CCc1ccc([C@@H]2CC(=O)Nc3nc(N4CCOCC4)nc(N)c32)o1. The van der Waals surface area contributed by atoms with Gasteiger partial charge in [0.25, 0.3) is 0 Å². The molecule has 1 saturated heterocycles. The molecule has 2 aromatic rings. The third-order valence-electron chi connectivity index (χ3n) is 4.63. The predicted molar refractivity (Wildman–Crippen MR) is 92.7 cm³/mol. The van der Waals surface area contributed by atoms with Crippen LogP contribution < -0.4 is 16.0 Å². The van der Waals surface area contributed by atoms with Crippen LogP contribution in [0.3, 0.4) is 0 Å². The van der Waals surface area contributed by atoms with Crippen LogP contribution in [0.2, 0.25) is 0 Å². The summed E-state index contributed by atoms with van der Waals surface area (Å²) >= 11 is 0. The molecular formula is C17H21N5O3. The minimum absolute atomic E-state index is 0.0991. The number of amides is 1. The molecule has 2 aliphatic heterocycles. The van der Waals surface area contributed by atoms with Gasteiger partial charge in [-0.05, 0) is 12.1 Å². The van der Waals surface area contributed by atoms with Crippen molar-refractivity contribution < 1.29 is 13.9 Å². The Kier molecular flexibility index (Phi) is 4.04. The van der Waals surface area contributed by atoms with Crippen molar-refractivity contribution in [3.8, 4) is 0 Å². The van der Waals surface area contributed by atoms with Gasteiger partial charge in [-0.3, -0.25) is 4.79 Å². The van der Waals surface area contributed by atoms with Crippen molar-refractivity contribution in [3.63, 3.8) is 0 Å². The normalized spacial score (nSPS) is 20.3. The minimum Gasteiger partial charge on any atom is -0.465 e. The molecule has 0 radical (unpaired) electrons. The Balaban J connectivity index is 1.74. The molecule has 0 spiro atoms. The Morgan fingerprint density at radius 1 is 1.32 bits per heavy atom. The zero-order chi connectivity index (χ0) is 17.4. The second-order valence-corrected chi connectivity index (χ2v) is 6.23. The lowest BCUT2D eigenvalue weighted by molar-refractivity contribution is -0.116. The fraction of sp³-hybridized carbons (Fsp3) is 0.471. The first-order valence-corrected chi connectivity index (χ1v) is 8.54. The predicted octanol–water partition coefficient (Wildman–Crippen LogP) is 1.52. The first-order valence-electron chi connectivity index (χ1n) is 8.54. The summed E-state index contributed by atoms with van der Waals surface area (Å²) in [6.45, 7) is 4.68. The van der Waals surface area contributed by atoms with Crippen LogP contribution in [-0.4, -0.2) is 42.2 Å². The van der Waals surface area contributed by atoms with E-state index in [4.69, 9.17) is 14.9 Å². The summed E-state index contributed by atoms with van der Waals surface area (Å²) in [7, 11) is 0. The third-order valence-corrected chi connectivity index (χ3v) is 4.63. The van der Waals surface area contributed by atoms with Gasteiger partial charge in [-0.1, -0.05) is 6.92 Å². The van der Waals surface area contributed by atoms with Crippen molar-refractivity contribution >= 4 is 23.5 Å². The highest BCUT2D eigenvalue weighted by atomic mass is 16.5. The summed E-state index contributed by atoms with van der Waals surface area (Å²) in [6.07, 6.45) is 1.07. The molecule has 0 aliphatic carbocycles. The first kappa shape index (κ1) is 15.9. The van der Waals surface area contributed by atoms with E-state index in [1.54, 1.807) is 0 Å². The van der Waals surface area contributed by atoms with Crippen LogP contribution in [0.25, 0.3) is 0 Å². The Morgan fingerprint density at radius 2 is 2.12 bits per heavy atom. The summed E-state index contributed by atoms with van der Waals surface area (Å²) in [5, 5.41) is 2.83. The quantitative estimate of drug-likeness (QED) is 0.870. The topological polar surface area (TPSA) is 107 Å². The smallest absolute Gasteiger partial charge is 0.229 e. The van der Waals surface area contributed by atoms with E-state index >= 15 is 0 Å². The zero-order valence-corrected chi connectivity index (χ0v) is 14.1. The summed E-state index contributed by atoms with van der Waals surface area (Å²) in [6, 6.07) is 3.84. The van der Waals surface area contributed by atoms with Crippen molar-refractivity contribution in [1.29, 1.82) is 0 Å². The Labute approximate surface area is 145 Å². The molecule has 8 heteroatoms. The molecule has 2 aliphatic rings. The monoisotopic (exact) mass is 343 g/mol. The molecule has 0 unspecified atom stereocenters. The zero-order valence-electron chi connectivity index (χ0n) is 14.1. The number of furan rings is 1. The van der Waals surface area contributed by atoms with Gasteiger partial charge in [0.15, 0.2) is 0 Å². The molecule has 25 heavy (non-hydrogen) atoms. The number of hydrogen-bond donors (Lipinski definition) is 2. The van der Waals surface area contributed by atoms with Gasteiger partial charge in [0.1, 0.15) is 23.2 Å². The van der Waals surface area contributed by atoms with Crippen LogP contribution >= 0.6 is 0 Å². The number of nitrogens with one attached hydrogen (secondary N) is 1. The van der Waals surface area contributed by atoms with Crippen molar-refractivity contribution in [1.82, 2.24) is 9.97 Å². The van der Waals surface area contributed by atoms with E-state index in [0.717, 1.165) is 23.5 Å². The number of nitrogen functional groups attached to an aromatic ring is 1. The van der Waals surface area contributed by atoms with Gasteiger partial charge in [-0.15, -0.1) is 0 Å². The third kappa shape index (κ3) is 2.93. The molecule has 3 N–H and O–H groups in total. The molecule has 2 aromatic heterocycles. The van der Waals surface area contributed by atoms with Crippen LogP contribution in [0, 0.1) is 0 Å². The highest BCUT2D eigenvalue weighted by molar-refractivity contribution is 5.95. The van der Waals surface area contributed by atoms with Crippen molar-refractivity contribution in [2.75, 3.05) is 42.3 Å². The molecule has 4 heterocycles. The summed E-state index contributed by atoms with van der Waals surface area (Å²) < 4.78 is 11.2. The van der Waals surface area contributed by atoms with Gasteiger partial charge in [0.05, 0.1) is 19.1 Å². The van der Waals surface area contributed by atoms with Crippen LogP contribution in [0.1, 0.15) is 36.3 Å². The molecule has 1 amide bonds. The van der Waals surface area contributed by atoms with E-state index < -0.39 is 0 Å². The first-order chi connectivity index (χ1) is 12.2. The van der Waals surface area contributed by atoms with E-state index in [-0.39, 0.29) is 18.2 Å². The van der Waals surface area contributed by atoms with Gasteiger partial charge in [-0.2, -0.15) is 9.97 Å². The minimum atomic E-state index is -0.261. The number of nitrogens with two attached hydrogens (primary N) is 1. The van der Waals surface area contributed by atoms with Gasteiger partial charge < -0.3 is 25.1 Å². The fourth-order valence-corrected chi connectivity index (χ4v) is 3.30. The maximum atomic E-state index is 12.2. The second-order valence-electron chi connectivity index (χ2n) is 6.23. The van der Waals surface area contributed by atoms with E-state index in [9.17, 15) is 4.79 Å². The molecule has 1 atom stereocenters. The summed E-state index contributed by atoms with van der Waals surface area (Å²) in [5.74, 6) is 2.62. The largest absolute Gasteiger partial charge is 0.465 e.